The lowest BCUT2D eigenvalue weighted by Gasteiger charge is -2.31. The number of aromatic nitrogens is 2. The first kappa shape index (κ1) is 15.5. The van der Waals surface area contributed by atoms with Gasteiger partial charge in [0.25, 0.3) is 0 Å². The van der Waals surface area contributed by atoms with Gasteiger partial charge in [-0.15, -0.1) is 0 Å². The van der Waals surface area contributed by atoms with E-state index in [9.17, 15) is 0 Å². The molecular weight excluding hydrogens is 276 g/mol. The Bertz CT molecular complexity index is 503. The lowest BCUT2D eigenvalue weighted by atomic mass is 10.3. The molecule has 0 atom stereocenters. The number of anilines is 2. The molecule has 2 saturated heterocycles. The van der Waals surface area contributed by atoms with Gasteiger partial charge < -0.3 is 15.1 Å². The Hall–Kier alpha value is -1.40. The first-order valence-electron chi connectivity index (χ1n) is 8.53. The summed E-state index contributed by atoms with van der Waals surface area (Å²) in [5.41, 5.74) is 0. The van der Waals surface area contributed by atoms with Crippen LogP contribution in [0.15, 0.2) is 6.07 Å². The molecule has 6 heteroatoms. The summed E-state index contributed by atoms with van der Waals surface area (Å²) in [6, 6.07) is 2.19. The van der Waals surface area contributed by atoms with Gasteiger partial charge in [0.2, 0.25) is 0 Å². The predicted octanol–water partition coefficient (Wildman–Crippen LogP) is 1.07. The van der Waals surface area contributed by atoms with E-state index < -0.39 is 0 Å². The van der Waals surface area contributed by atoms with Crippen LogP contribution in [-0.4, -0.2) is 69.9 Å². The van der Waals surface area contributed by atoms with Crippen molar-refractivity contribution in [3.63, 3.8) is 0 Å². The van der Waals surface area contributed by atoms with Crippen LogP contribution in [0.4, 0.5) is 17.6 Å². The molecule has 1 N–H and O–H groups in total. The first-order chi connectivity index (χ1) is 10.6. The molecule has 0 unspecified atom stereocenters. The average Bonchev–Trinajstić information content (AvgIpc) is 3.10. The summed E-state index contributed by atoms with van der Waals surface area (Å²) < 4.78 is 0.723. The van der Waals surface area contributed by atoms with Crippen molar-refractivity contribution in [2.45, 2.75) is 19.8 Å². The Kier molecular flexibility index (Phi) is 4.49. The maximum Gasteiger partial charge on any atom is 0.332 e. The summed E-state index contributed by atoms with van der Waals surface area (Å²) in [7, 11) is 4.37. The standard InChI is InChI=1S/C16H29N6/c1-4-22(2,3)16-18-14(20-9-5-6-10-20)13-15(19-16)21-11-7-17-8-12-21/h13,17H,4-12H2,1-3H3/q+1. The third-order valence-corrected chi connectivity index (χ3v) is 4.89. The van der Waals surface area contributed by atoms with Gasteiger partial charge in [-0.3, -0.25) is 4.48 Å². The molecule has 2 aliphatic heterocycles. The summed E-state index contributed by atoms with van der Waals surface area (Å²) in [6.07, 6.45) is 2.54. The maximum absolute atomic E-state index is 4.90. The molecule has 6 nitrogen and oxygen atoms in total. The van der Waals surface area contributed by atoms with Crippen molar-refractivity contribution in [1.82, 2.24) is 19.8 Å². The van der Waals surface area contributed by atoms with E-state index in [1.165, 1.54) is 12.8 Å². The molecule has 0 bridgehead atoms. The van der Waals surface area contributed by atoms with Crippen LogP contribution in [0.3, 0.4) is 0 Å². The average molecular weight is 305 g/mol. The van der Waals surface area contributed by atoms with Gasteiger partial charge in [0.1, 0.15) is 11.6 Å². The third kappa shape index (κ3) is 3.17. The van der Waals surface area contributed by atoms with Crippen molar-refractivity contribution in [1.29, 1.82) is 0 Å². The smallest absolute Gasteiger partial charge is 0.332 e. The van der Waals surface area contributed by atoms with Gasteiger partial charge in [-0.05, 0) is 19.8 Å². The third-order valence-electron chi connectivity index (χ3n) is 4.89. The second kappa shape index (κ2) is 6.38. The lowest BCUT2D eigenvalue weighted by molar-refractivity contribution is 0.398. The van der Waals surface area contributed by atoms with E-state index in [2.05, 4.69) is 42.2 Å². The number of quaternary nitrogens is 1. The molecule has 22 heavy (non-hydrogen) atoms. The molecular formula is C16H29N6+. The van der Waals surface area contributed by atoms with Crippen LogP contribution in [0.2, 0.25) is 0 Å². The highest BCUT2D eigenvalue weighted by molar-refractivity contribution is 5.55. The zero-order valence-electron chi connectivity index (χ0n) is 14.2. The zero-order chi connectivity index (χ0) is 15.6. The van der Waals surface area contributed by atoms with E-state index in [0.29, 0.717) is 0 Å². The summed E-state index contributed by atoms with van der Waals surface area (Å²) in [4.78, 5) is 14.6. The van der Waals surface area contributed by atoms with Gasteiger partial charge in [-0.2, -0.15) is 9.97 Å². The molecule has 3 heterocycles. The molecule has 1 aromatic heterocycles. The van der Waals surface area contributed by atoms with Crippen LogP contribution in [0, 0.1) is 0 Å². The Morgan fingerprint density at radius 2 is 1.55 bits per heavy atom. The Morgan fingerprint density at radius 3 is 2.09 bits per heavy atom. The highest BCUT2D eigenvalue weighted by Crippen LogP contribution is 2.27. The van der Waals surface area contributed by atoms with Crippen LogP contribution in [0.25, 0.3) is 0 Å². The molecule has 0 aromatic carbocycles. The molecule has 2 aliphatic rings. The van der Waals surface area contributed by atoms with Crippen molar-refractivity contribution in [3.8, 4) is 0 Å². The van der Waals surface area contributed by atoms with Crippen molar-refractivity contribution in [2.75, 3.05) is 69.7 Å². The lowest BCUT2D eigenvalue weighted by Crippen LogP contribution is -2.45. The van der Waals surface area contributed by atoms with E-state index in [1.54, 1.807) is 0 Å². The predicted molar refractivity (Wildman–Crippen MR) is 92.7 cm³/mol. The summed E-state index contributed by atoms with van der Waals surface area (Å²) in [5, 5.41) is 3.41. The van der Waals surface area contributed by atoms with E-state index in [4.69, 9.17) is 9.97 Å². The van der Waals surface area contributed by atoms with Crippen LogP contribution < -0.4 is 19.6 Å². The fourth-order valence-corrected chi connectivity index (χ4v) is 2.99. The number of nitrogens with zero attached hydrogens (tertiary/aromatic N) is 5. The number of rotatable bonds is 4. The number of piperazine rings is 1. The van der Waals surface area contributed by atoms with Crippen LogP contribution in [-0.2, 0) is 0 Å². The quantitative estimate of drug-likeness (QED) is 0.843. The molecule has 1 aromatic rings. The molecule has 122 valence electrons. The Labute approximate surface area is 133 Å². The number of hydrogen-bond donors (Lipinski definition) is 1. The minimum Gasteiger partial charge on any atom is -0.356 e. The van der Waals surface area contributed by atoms with Gasteiger partial charge in [0.15, 0.2) is 0 Å². The summed E-state index contributed by atoms with van der Waals surface area (Å²) in [6.45, 7) is 9.54. The van der Waals surface area contributed by atoms with Crippen LogP contribution >= 0.6 is 0 Å². The topological polar surface area (TPSA) is 44.3 Å². The molecule has 0 radical (unpaired) electrons. The van der Waals surface area contributed by atoms with E-state index >= 15 is 0 Å². The zero-order valence-corrected chi connectivity index (χ0v) is 14.2. The van der Waals surface area contributed by atoms with Crippen molar-refractivity contribution < 1.29 is 0 Å². The number of nitrogens with one attached hydrogen (secondary N) is 1. The van der Waals surface area contributed by atoms with Crippen LogP contribution in [0.5, 0.6) is 0 Å². The van der Waals surface area contributed by atoms with Gasteiger partial charge in [0, 0.05) is 45.3 Å². The summed E-state index contributed by atoms with van der Waals surface area (Å²) in [5.74, 6) is 3.13. The van der Waals surface area contributed by atoms with Gasteiger partial charge in [-0.25, -0.2) is 0 Å². The molecule has 0 saturated carbocycles. The monoisotopic (exact) mass is 305 g/mol. The fourth-order valence-electron chi connectivity index (χ4n) is 2.99. The molecule has 2 fully saturated rings. The summed E-state index contributed by atoms with van der Waals surface area (Å²) >= 11 is 0. The minimum atomic E-state index is 0.723. The van der Waals surface area contributed by atoms with Gasteiger partial charge >= 0.3 is 5.95 Å². The van der Waals surface area contributed by atoms with Crippen molar-refractivity contribution >= 4 is 17.6 Å². The van der Waals surface area contributed by atoms with E-state index in [-0.39, 0.29) is 0 Å². The Balaban J connectivity index is 1.96. The van der Waals surface area contributed by atoms with Crippen molar-refractivity contribution in [3.05, 3.63) is 6.07 Å². The molecule has 0 aliphatic carbocycles. The van der Waals surface area contributed by atoms with Crippen LogP contribution in [0.1, 0.15) is 19.8 Å². The second-order valence-corrected chi connectivity index (χ2v) is 6.82. The Morgan fingerprint density at radius 1 is 1.00 bits per heavy atom. The minimum absolute atomic E-state index is 0.723. The molecule has 0 spiro atoms. The number of hydrogen-bond acceptors (Lipinski definition) is 5. The second-order valence-electron chi connectivity index (χ2n) is 6.82. The van der Waals surface area contributed by atoms with Crippen molar-refractivity contribution in [2.24, 2.45) is 0 Å². The maximum atomic E-state index is 4.90. The molecule has 3 rings (SSSR count). The van der Waals surface area contributed by atoms with E-state index in [1.807, 2.05) is 0 Å². The SMILES string of the molecule is CC[N+](C)(C)c1nc(N2CCCC2)cc(N2CCNCC2)n1. The highest BCUT2D eigenvalue weighted by atomic mass is 15.4. The first-order valence-corrected chi connectivity index (χ1v) is 8.53. The molecule has 0 amide bonds. The van der Waals surface area contributed by atoms with Gasteiger partial charge in [0.05, 0.1) is 20.6 Å². The highest BCUT2D eigenvalue weighted by Gasteiger charge is 2.26. The van der Waals surface area contributed by atoms with E-state index in [0.717, 1.165) is 67.9 Å². The van der Waals surface area contributed by atoms with Gasteiger partial charge in [-0.1, -0.05) is 0 Å². The normalized spacial score (nSPS) is 19.8. The fraction of sp³-hybridized carbons (Fsp3) is 0.750. The largest absolute Gasteiger partial charge is 0.356 e.